The van der Waals surface area contributed by atoms with Gasteiger partial charge in [0.1, 0.15) is 5.82 Å². The highest BCUT2D eigenvalue weighted by molar-refractivity contribution is 7.91. The van der Waals surface area contributed by atoms with Crippen LogP contribution in [0.1, 0.15) is 59.2 Å². The van der Waals surface area contributed by atoms with Crippen molar-refractivity contribution in [3.8, 4) is 0 Å². The van der Waals surface area contributed by atoms with Crippen molar-refractivity contribution < 1.29 is 13.2 Å². The van der Waals surface area contributed by atoms with E-state index in [9.17, 15) is 13.2 Å². The lowest BCUT2D eigenvalue weighted by Crippen LogP contribution is -2.23. The van der Waals surface area contributed by atoms with Crippen molar-refractivity contribution in [2.45, 2.75) is 58.9 Å². The molecule has 0 aliphatic carbocycles. The fraction of sp³-hybridized carbons (Fsp3) is 0.750. The number of rotatable bonds is 4. The summed E-state index contributed by atoms with van der Waals surface area (Å²) in [5.74, 6) is 0.715. The molecule has 2 atom stereocenters. The number of carbonyl (C=O) groups excluding carboxylic acids is 1. The molecule has 6 nitrogen and oxygen atoms in total. The molecule has 1 N–H and O–H groups in total. The fourth-order valence-corrected chi connectivity index (χ4v) is 4.23. The minimum absolute atomic E-state index is 0.0602. The Kier molecular flexibility index (Phi) is 4.89. The molecular weight excluding hydrogens is 314 g/mol. The second-order valence-corrected chi connectivity index (χ2v) is 9.69. The van der Waals surface area contributed by atoms with Crippen molar-refractivity contribution in [2.24, 2.45) is 5.92 Å². The highest BCUT2D eigenvalue weighted by Crippen LogP contribution is 2.31. The van der Waals surface area contributed by atoms with E-state index in [1.807, 2.05) is 40.7 Å². The third-order valence-electron chi connectivity index (χ3n) is 4.37. The van der Waals surface area contributed by atoms with Crippen LogP contribution >= 0.6 is 0 Å². The van der Waals surface area contributed by atoms with E-state index in [4.69, 9.17) is 0 Å². The summed E-state index contributed by atoms with van der Waals surface area (Å²) < 4.78 is 25.3. The topological polar surface area (TPSA) is 81.1 Å². The van der Waals surface area contributed by atoms with Crippen LogP contribution in [-0.4, -0.2) is 35.6 Å². The zero-order valence-corrected chi connectivity index (χ0v) is 15.4. The van der Waals surface area contributed by atoms with Gasteiger partial charge in [0.15, 0.2) is 9.84 Å². The van der Waals surface area contributed by atoms with Crippen molar-refractivity contribution in [3.63, 3.8) is 0 Å². The molecule has 1 aromatic heterocycles. The zero-order valence-electron chi connectivity index (χ0n) is 14.6. The molecular formula is C16H27N3O3S. The van der Waals surface area contributed by atoms with Crippen LogP contribution in [0.3, 0.4) is 0 Å². The molecule has 0 aromatic carbocycles. The Bertz CT molecular complexity index is 686. The van der Waals surface area contributed by atoms with Gasteiger partial charge in [-0.05, 0) is 12.8 Å². The maximum Gasteiger partial charge on any atom is 0.228 e. The number of carbonyl (C=O) groups is 1. The summed E-state index contributed by atoms with van der Waals surface area (Å²) in [7, 11) is -3.01. The molecule has 2 heterocycles. The Morgan fingerprint density at radius 1 is 1.48 bits per heavy atom. The van der Waals surface area contributed by atoms with E-state index in [0.29, 0.717) is 12.2 Å². The second kappa shape index (κ2) is 6.26. The molecule has 130 valence electrons. The van der Waals surface area contributed by atoms with E-state index in [2.05, 4.69) is 10.4 Å². The van der Waals surface area contributed by atoms with Crippen LogP contribution in [0.2, 0.25) is 0 Å². The molecule has 0 bridgehead atoms. The van der Waals surface area contributed by atoms with Gasteiger partial charge in [0.2, 0.25) is 5.91 Å². The Labute approximate surface area is 138 Å². The first-order valence-electron chi connectivity index (χ1n) is 8.15. The summed E-state index contributed by atoms with van der Waals surface area (Å²) in [5.41, 5.74) is 0.680. The van der Waals surface area contributed by atoms with Crippen molar-refractivity contribution in [1.82, 2.24) is 9.78 Å². The van der Waals surface area contributed by atoms with E-state index < -0.39 is 9.84 Å². The van der Waals surface area contributed by atoms with Crippen molar-refractivity contribution in [1.29, 1.82) is 0 Å². The fourth-order valence-electron chi connectivity index (χ4n) is 2.54. The maximum absolute atomic E-state index is 12.2. The van der Waals surface area contributed by atoms with E-state index in [1.165, 1.54) is 0 Å². The summed E-state index contributed by atoms with van der Waals surface area (Å²) in [6, 6.07) is 1.66. The minimum atomic E-state index is -3.01. The van der Waals surface area contributed by atoms with Gasteiger partial charge < -0.3 is 5.32 Å². The van der Waals surface area contributed by atoms with Crippen molar-refractivity contribution >= 4 is 21.6 Å². The minimum Gasteiger partial charge on any atom is -0.311 e. The van der Waals surface area contributed by atoms with Crippen LogP contribution in [0.5, 0.6) is 0 Å². The van der Waals surface area contributed by atoms with Gasteiger partial charge in [0, 0.05) is 17.4 Å². The van der Waals surface area contributed by atoms with Gasteiger partial charge in [-0.15, -0.1) is 0 Å². The molecule has 7 heteroatoms. The molecule has 0 spiro atoms. The van der Waals surface area contributed by atoms with Gasteiger partial charge >= 0.3 is 0 Å². The molecule has 1 saturated heterocycles. The first-order chi connectivity index (χ1) is 10.5. The van der Waals surface area contributed by atoms with Crippen LogP contribution in [0.4, 0.5) is 5.82 Å². The lowest BCUT2D eigenvalue weighted by Gasteiger charge is -2.16. The van der Waals surface area contributed by atoms with Crippen LogP contribution in [0.15, 0.2) is 6.07 Å². The van der Waals surface area contributed by atoms with Gasteiger partial charge in [0.05, 0.1) is 23.2 Å². The number of aromatic nitrogens is 2. The quantitative estimate of drug-likeness (QED) is 0.912. The van der Waals surface area contributed by atoms with E-state index in [1.54, 1.807) is 4.68 Å². The summed E-state index contributed by atoms with van der Waals surface area (Å²) in [6.07, 6.45) is 1.30. The number of hydrogen-bond donors (Lipinski definition) is 1. The molecule has 1 aromatic rings. The Morgan fingerprint density at radius 3 is 2.61 bits per heavy atom. The van der Waals surface area contributed by atoms with Crippen LogP contribution in [0.25, 0.3) is 0 Å². The molecule has 1 aliphatic heterocycles. The van der Waals surface area contributed by atoms with Crippen LogP contribution in [-0.2, 0) is 20.0 Å². The monoisotopic (exact) mass is 341 g/mol. The van der Waals surface area contributed by atoms with E-state index >= 15 is 0 Å². The van der Waals surface area contributed by atoms with Crippen molar-refractivity contribution in [3.05, 3.63) is 11.8 Å². The van der Waals surface area contributed by atoms with E-state index in [0.717, 1.165) is 12.1 Å². The van der Waals surface area contributed by atoms with Gasteiger partial charge in [-0.25, -0.2) is 13.1 Å². The number of amides is 1. The highest BCUT2D eigenvalue weighted by Gasteiger charge is 2.33. The molecule has 0 unspecified atom stereocenters. The molecule has 1 amide bonds. The molecule has 2 rings (SSSR count). The largest absolute Gasteiger partial charge is 0.311 e. The number of nitrogens with one attached hydrogen (secondary N) is 1. The average molecular weight is 341 g/mol. The number of sulfone groups is 1. The van der Waals surface area contributed by atoms with Gasteiger partial charge in [0.25, 0.3) is 0 Å². The van der Waals surface area contributed by atoms with Crippen molar-refractivity contribution in [2.75, 3.05) is 16.8 Å². The average Bonchev–Trinajstić information content (AvgIpc) is 3.00. The van der Waals surface area contributed by atoms with Gasteiger partial charge in [-0.3, -0.25) is 4.79 Å². The standard InChI is InChI=1S/C16H27N3O3S/c1-6-11(2)15(20)17-14-9-13(16(3,4)5)18-19(14)12-7-8-23(21,22)10-12/h9,11-12H,6-8,10H2,1-5H3,(H,17,20)/t11-,12-/m1/s1. The van der Waals surface area contributed by atoms with Gasteiger partial charge in [-0.1, -0.05) is 34.6 Å². The molecule has 1 fully saturated rings. The van der Waals surface area contributed by atoms with Gasteiger partial charge in [-0.2, -0.15) is 5.10 Å². The predicted molar refractivity (Wildman–Crippen MR) is 91.3 cm³/mol. The third-order valence-corrected chi connectivity index (χ3v) is 6.12. The van der Waals surface area contributed by atoms with E-state index in [-0.39, 0.29) is 34.8 Å². The molecule has 1 aliphatic rings. The second-order valence-electron chi connectivity index (χ2n) is 7.46. The van der Waals surface area contributed by atoms with Crippen LogP contribution < -0.4 is 5.32 Å². The first-order valence-corrected chi connectivity index (χ1v) is 9.97. The number of anilines is 1. The summed E-state index contributed by atoms with van der Waals surface area (Å²) >= 11 is 0. The predicted octanol–water partition coefficient (Wildman–Crippen LogP) is 2.52. The maximum atomic E-state index is 12.2. The first kappa shape index (κ1) is 18.0. The molecule has 0 saturated carbocycles. The number of nitrogens with zero attached hydrogens (tertiary/aromatic N) is 2. The molecule has 0 radical (unpaired) electrons. The number of hydrogen-bond acceptors (Lipinski definition) is 4. The van der Waals surface area contributed by atoms with Crippen LogP contribution in [0, 0.1) is 5.92 Å². The SMILES string of the molecule is CC[C@@H](C)C(=O)Nc1cc(C(C)(C)C)nn1[C@@H]1CCS(=O)(=O)C1. The lowest BCUT2D eigenvalue weighted by molar-refractivity contribution is -0.119. The summed E-state index contributed by atoms with van der Waals surface area (Å²) in [5, 5.41) is 7.53. The normalized spacial score (nSPS) is 22.0. The third kappa shape index (κ3) is 4.13. The smallest absolute Gasteiger partial charge is 0.228 e. The summed E-state index contributed by atoms with van der Waals surface area (Å²) in [4.78, 5) is 12.2. The Morgan fingerprint density at radius 2 is 2.13 bits per heavy atom. The summed E-state index contributed by atoms with van der Waals surface area (Å²) in [6.45, 7) is 9.98. The highest BCUT2D eigenvalue weighted by atomic mass is 32.2. The lowest BCUT2D eigenvalue weighted by atomic mass is 9.92. The Balaban J connectivity index is 2.35. The Hall–Kier alpha value is -1.37. The zero-order chi connectivity index (χ0) is 17.4. The molecule has 23 heavy (non-hydrogen) atoms.